The van der Waals surface area contributed by atoms with Gasteiger partial charge in [0, 0.05) is 12.6 Å². The molecule has 0 bridgehead atoms. The third-order valence-electron chi connectivity index (χ3n) is 4.94. The molecule has 1 N–H and O–H groups in total. The van der Waals surface area contributed by atoms with Crippen LogP contribution in [0, 0.1) is 17.2 Å². The Labute approximate surface area is 124 Å². The van der Waals surface area contributed by atoms with Crippen LogP contribution in [0.5, 0.6) is 0 Å². The summed E-state index contributed by atoms with van der Waals surface area (Å²) in [6.45, 7) is 5.26. The molecular formula is C17H30N2O. The van der Waals surface area contributed by atoms with Crippen LogP contribution in [0.1, 0.15) is 71.6 Å². The number of hydrogen-bond acceptors (Lipinski definition) is 3. The van der Waals surface area contributed by atoms with E-state index in [1.807, 2.05) is 0 Å². The Bertz CT molecular complexity index is 326. The Morgan fingerprint density at radius 2 is 1.90 bits per heavy atom. The predicted molar refractivity (Wildman–Crippen MR) is 81.4 cm³/mol. The van der Waals surface area contributed by atoms with Crippen molar-refractivity contribution in [2.45, 2.75) is 89.3 Å². The number of rotatable bonds is 8. The molecule has 1 unspecified atom stereocenters. The zero-order chi connectivity index (χ0) is 14.4. The van der Waals surface area contributed by atoms with E-state index < -0.39 is 0 Å². The van der Waals surface area contributed by atoms with E-state index >= 15 is 0 Å². The van der Waals surface area contributed by atoms with Gasteiger partial charge in [-0.15, -0.1) is 0 Å². The molecule has 0 heterocycles. The molecule has 114 valence electrons. The van der Waals surface area contributed by atoms with Crippen molar-refractivity contribution in [2.75, 3.05) is 6.61 Å². The summed E-state index contributed by atoms with van der Waals surface area (Å²) in [5, 5.41) is 13.0. The summed E-state index contributed by atoms with van der Waals surface area (Å²) in [7, 11) is 0. The van der Waals surface area contributed by atoms with Crippen molar-refractivity contribution in [1.29, 1.82) is 5.26 Å². The fraction of sp³-hybridized carbons (Fsp3) is 0.941. The smallest absolute Gasteiger partial charge is 0.106 e. The van der Waals surface area contributed by atoms with Crippen molar-refractivity contribution in [3.63, 3.8) is 0 Å². The molecule has 0 radical (unpaired) electrons. The lowest BCUT2D eigenvalue weighted by Gasteiger charge is -2.28. The molecule has 3 nitrogen and oxygen atoms in total. The highest BCUT2D eigenvalue weighted by Crippen LogP contribution is 2.28. The van der Waals surface area contributed by atoms with Crippen LogP contribution >= 0.6 is 0 Å². The molecule has 0 aliphatic heterocycles. The Morgan fingerprint density at radius 3 is 2.45 bits per heavy atom. The van der Waals surface area contributed by atoms with Crippen LogP contribution in [0.2, 0.25) is 0 Å². The van der Waals surface area contributed by atoms with Crippen LogP contribution in [0.4, 0.5) is 0 Å². The zero-order valence-corrected chi connectivity index (χ0v) is 13.2. The van der Waals surface area contributed by atoms with Crippen LogP contribution in [-0.2, 0) is 4.74 Å². The SMILES string of the molecule is CCC(C#N)(CCCOC1CCC(C)CC1)NC1CC1. The Morgan fingerprint density at radius 1 is 1.20 bits per heavy atom. The van der Waals surface area contributed by atoms with Gasteiger partial charge in [-0.25, -0.2) is 0 Å². The number of nitrogens with one attached hydrogen (secondary N) is 1. The fourth-order valence-electron chi connectivity index (χ4n) is 3.16. The Hall–Kier alpha value is -0.590. The lowest BCUT2D eigenvalue weighted by molar-refractivity contribution is 0.0162. The van der Waals surface area contributed by atoms with Gasteiger partial charge in [-0.3, -0.25) is 5.32 Å². The molecule has 0 aromatic rings. The molecule has 2 saturated carbocycles. The maximum Gasteiger partial charge on any atom is 0.106 e. The molecule has 2 fully saturated rings. The first-order valence-electron chi connectivity index (χ1n) is 8.48. The lowest BCUT2D eigenvalue weighted by atomic mass is 9.89. The summed E-state index contributed by atoms with van der Waals surface area (Å²) >= 11 is 0. The largest absolute Gasteiger partial charge is 0.378 e. The van der Waals surface area contributed by atoms with Crippen molar-refractivity contribution >= 4 is 0 Å². The standard InChI is InChI=1S/C17H30N2O/c1-3-17(13-18,19-15-7-8-15)11-4-12-20-16-9-5-14(2)6-10-16/h14-16,19H,3-12H2,1-2H3. The van der Waals surface area contributed by atoms with E-state index in [-0.39, 0.29) is 5.54 Å². The van der Waals surface area contributed by atoms with E-state index in [4.69, 9.17) is 4.74 Å². The second kappa shape index (κ2) is 7.43. The van der Waals surface area contributed by atoms with Gasteiger partial charge in [0.25, 0.3) is 0 Å². The van der Waals surface area contributed by atoms with Gasteiger partial charge in [0.15, 0.2) is 0 Å². The molecule has 0 spiro atoms. The summed E-state index contributed by atoms with van der Waals surface area (Å²) < 4.78 is 6.00. The zero-order valence-electron chi connectivity index (χ0n) is 13.2. The lowest BCUT2D eigenvalue weighted by Crippen LogP contribution is -2.45. The highest BCUT2D eigenvalue weighted by molar-refractivity contribution is 5.09. The van der Waals surface area contributed by atoms with E-state index in [0.29, 0.717) is 12.1 Å². The third-order valence-corrected chi connectivity index (χ3v) is 4.94. The van der Waals surface area contributed by atoms with E-state index in [1.54, 1.807) is 0 Å². The first kappa shape index (κ1) is 15.8. The maximum atomic E-state index is 9.48. The molecule has 2 aliphatic carbocycles. The van der Waals surface area contributed by atoms with Crippen molar-refractivity contribution in [3.05, 3.63) is 0 Å². The molecular weight excluding hydrogens is 248 g/mol. The highest BCUT2D eigenvalue weighted by atomic mass is 16.5. The van der Waals surface area contributed by atoms with E-state index in [9.17, 15) is 5.26 Å². The quantitative estimate of drug-likeness (QED) is 0.687. The van der Waals surface area contributed by atoms with Crippen molar-refractivity contribution < 1.29 is 4.74 Å². The summed E-state index contributed by atoms with van der Waals surface area (Å²) in [5.41, 5.74) is -0.314. The normalized spacial score (nSPS) is 29.6. The van der Waals surface area contributed by atoms with Crippen molar-refractivity contribution in [1.82, 2.24) is 5.32 Å². The van der Waals surface area contributed by atoms with Crippen molar-refractivity contribution in [3.8, 4) is 6.07 Å². The monoisotopic (exact) mass is 278 g/mol. The topological polar surface area (TPSA) is 45.0 Å². The van der Waals surface area contributed by atoms with Gasteiger partial charge in [-0.1, -0.05) is 13.8 Å². The van der Waals surface area contributed by atoms with Gasteiger partial charge >= 0.3 is 0 Å². The van der Waals surface area contributed by atoms with Crippen LogP contribution < -0.4 is 5.32 Å². The van der Waals surface area contributed by atoms with Crippen LogP contribution in [0.25, 0.3) is 0 Å². The van der Waals surface area contributed by atoms with Crippen LogP contribution in [0.15, 0.2) is 0 Å². The molecule has 0 aromatic carbocycles. The molecule has 0 aromatic heterocycles. The summed E-state index contributed by atoms with van der Waals surface area (Å²) in [5.74, 6) is 0.879. The minimum atomic E-state index is -0.314. The second-order valence-corrected chi connectivity index (χ2v) is 6.82. The first-order chi connectivity index (χ1) is 9.67. The molecule has 2 rings (SSSR count). The van der Waals surface area contributed by atoms with E-state index in [0.717, 1.165) is 31.8 Å². The van der Waals surface area contributed by atoms with E-state index in [2.05, 4.69) is 25.2 Å². The molecule has 2 aliphatic rings. The van der Waals surface area contributed by atoms with Gasteiger partial charge in [0.05, 0.1) is 12.2 Å². The third kappa shape index (κ3) is 4.75. The molecule has 0 amide bonds. The number of ether oxygens (including phenoxy) is 1. The molecule has 20 heavy (non-hydrogen) atoms. The fourth-order valence-corrected chi connectivity index (χ4v) is 3.16. The highest BCUT2D eigenvalue weighted by Gasteiger charge is 2.34. The van der Waals surface area contributed by atoms with Crippen molar-refractivity contribution in [2.24, 2.45) is 5.92 Å². The number of nitrogens with zero attached hydrogens (tertiary/aromatic N) is 1. The average molecular weight is 278 g/mol. The first-order valence-corrected chi connectivity index (χ1v) is 8.48. The molecule has 3 heteroatoms. The van der Waals surface area contributed by atoms with Gasteiger partial charge in [-0.2, -0.15) is 5.26 Å². The molecule has 0 saturated heterocycles. The second-order valence-electron chi connectivity index (χ2n) is 6.82. The minimum Gasteiger partial charge on any atom is -0.378 e. The van der Waals surface area contributed by atoms with Gasteiger partial charge in [-0.05, 0) is 63.7 Å². The van der Waals surface area contributed by atoms with Gasteiger partial charge in [0.1, 0.15) is 5.54 Å². The summed E-state index contributed by atoms with van der Waals surface area (Å²) in [6, 6.07) is 3.11. The van der Waals surface area contributed by atoms with Gasteiger partial charge < -0.3 is 4.74 Å². The van der Waals surface area contributed by atoms with E-state index in [1.165, 1.54) is 38.5 Å². The molecule has 1 atom stereocenters. The minimum absolute atomic E-state index is 0.314. The number of nitriles is 1. The van der Waals surface area contributed by atoms with Crippen LogP contribution in [-0.4, -0.2) is 24.3 Å². The van der Waals surface area contributed by atoms with Crippen LogP contribution in [0.3, 0.4) is 0 Å². The maximum absolute atomic E-state index is 9.48. The van der Waals surface area contributed by atoms with Gasteiger partial charge in [0.2, 0.25) is 0 Å². The average Bonchev–Trinajstić information content (AvgIpc) is 3.28. The Balaban J connectivity index is 1.64. The predicted octanol–water partition coefficient (Wildman–Crippen LogP) is 3.79. The Kier molecular flexibility index (Phi) is 5.86. The summed E-state index contributed by atoms with van der Waals surface area (Å²) in [4.78, 5) is 0. The number of hydrogen-bond donors (Lipinski definition) is 1. The summed E-state index contributed by atoms with van der Waals surface area (Å²) in [6.07, 6.45) is 10.8.